The molecule has 2 nitrogen and oxygen atoms in total. The molecule has 0 amide bonds. The van der Waals surface area contributed by atoms with Crippen molar-refractivity contribution in [2.24, 2.45) is 0 Å². The molecule has 0 unspecified atom stereocenters. The van der Waals surface area contributed by atoms with E-state index in [9.17, 15) is 4.79 Å². The van der Waals surface area contributed by atoms with Gasteiger partial charge in [-0.15, -0.1) is 0 Å². The summed E-state index contributed by atoms with van der Waals surface area (Å²) in [6.45, 7) is 3.71. The number of allylic oxidation sites excluding steroid dienone is 1. The van der Waals surface area contributed by atoms with E-state index in [2.05, 4.69) is 6.92 Å². The summed E-state index contributed by atoms with van der Waals surface area (Å²) in [5.74, 6) is -0.238. The molecule has 0 aromatic rings. The molecule has 0 aromatic heterocycles. The van der Waals surface area contributed by atoms with Crippen molar-refractivity contribution in [3.05, 3.63) is 12.3 Å². The molecular formula is C21H40O2. The number of carbonyl (C=O) groups is 1. The molecule has 0 radical (unpaired) electrons. The van der Waals surface area contributed by atoms with Crippen molar-refractivity contribution >= 4 is 5.97 Å². The van der Waals surface area contributed by atoms with E-state index in [1.54, 1.807) is 0 Å². The molecule has 0 spiro atoms. The van der Waals surface area contributed by atoms with E-state index < -0.39 is 0 Å². The summed E-state index contributed by atoms with van der Waals surface area (Å²) < 4.78 is 4.75. The quantitative estimate of drug-likeness (QED) is 0.159. The Morgan fingerprint density at radius 2 is 1.09 bits per heavy atom. The summed E-state index contributed by atoms with van der Waals surface area (Å²) in [6.07, 6.45) is 25.4. The van der Waals surface area contributed by atoms with Gasteiger partial charge in [0.2, 0.25) is 0 Å². The predicted octanol–water partition coefficient (Wildman–Crippen LogP) is 7.32. The van der Waals surface area contributed by atoms with Gasteiger partial charge in [-0.05, 0) is 18.9 Å². The lowest BCUT2D eigenvalue weighted by molar-refractivity contribution is -0.135. The zero-order chi connectivity index (χ0) is 17.0. The Balaban J connectivity index is 3.02. The molecule has 23 heavy (non-hydrogen) atoms. The molecule has 0 fully saturated rings. The third kappa shape index (κ3) is 21.2. The molecule has 0 aliphatic rings. The van der Waals surface area contributed by atoms with Crippen LogP contribution in [0.2, 0.25) is 0 Å². The Hall–Kier alpha value is -0.790. The minimum absolute atomic E-state index is 0.238. The van der Waals surface area contributed by atoms with Gasteiger partial charge >= 0.3 is 5.97 Å². The van der Waals surface area contributed by atoms with Gasteiger partial charge in [0.15, 0.2) is 0 Å². The molecule has 0 atom stereocenters. The van der Waals surface area contributed by atoms with Crippen molar-refractivity contribution in [1.29, 1.82) is 0 Å². The van der Waals surface area contributed by atoms with E-state index in [1.807, 2.05) is 6.08 Å². The van der Waals surface area contributed by atoms with E-state index >= 15 is 0 Å². The highest BCUT2D eigenvalue weighted by Gasteiger charge is 1.94. The number of esters is 1. The third-order valence-electron chi connectivity index (χ3n) is 4.30. The van der Waals surface area contributed by atoms with Crippen LogP contribution in [-0.2, 0) is 9.53 Å². The van der Waals surface area contributed by atoms with Crippen LogP contribution in [0.1, 0.15) is 117 Å². The Morgan fingerprint density at radius 3 is 1.48 bits per heavy atom. The highest BCUT2D eigenvalue weighted by molar-refractivity contribution is 5.66. The molecule has 0 aliphatic heterocycles. The zero-order valence-corrected chi connectivity index (χ0v) is 15.8. The Labute approximate surface area is 145 Å². The van der Waals surface area contributed by atoms with Gasteiger partial charge in [-0.3, -0.25) is 4.79 Å². The van der Waals surface area contributed by atoms with Gasteiger partial charge in [-0.25, -0.2) is 0 Å². The Morgan fingerprint density at radius 1 is 0.696 bits per heavy atom. The fourth-order valence-corrected chi connectivity index (χ4v) is 2.85. The van der Waals surface area contributed by atoms with Gasteiger partial charge in [-0.2, -0.15) is 0 Å². The standard InChI is InChI=1S/C21H40O2/c1-3-4-5-6-7-8-9-10-11-12-13-14-15-16-17-18-19-20-23-21(2)22/h19-20H,3-18H2,1-2H3. The van der Waals surface area contributed by atoms with Crippen molar-refractivity contribution in [1.82, 2.24) is 0 Å². The van der Waals surface area contributed by atoms with Gasteiger partial charge in [0.25, 0.3) is 0 Å². The first kappa shape index (κ1) is 22.2. The summed E-state index contributed by atoms with van der Waals surface area (Å²) in [7, 11) is 0. The summed E-state index contributed by atoms with van der Waals surface area (Å²) in [5, 5.41) is 0. The summed E-state index contributed by atoms with van der Waals surface area (Å²) in [5.41, 5.74) is 0. The van der Waals surface area contributed by atoms with Crippen LogP contribution in [0.15, 0.2) is 12.3 Å². The molecule has 2 heteroatoms. The van der Waals surface area contributed by atoms with Crippen LogP contribution in [-0.4, -0.2) is 5.97 Å². The van der Waals surface area contributed by atoms with Crippen molar-refractivity contribution < 1.29 is 9.53 Å². The van der Waals surface area contributed by atoms with E-state index in [4.69, 9.17) is 4.74 Å². The first-order chi connectivity index (χ1) is 11.3. The second kappa shape index (κ2) is 19.3. The van der Waals surface area contributed by atoms with Crippen LogP contribution in [0, 0.1) is 0 Å². The lowest BCUT2D eigenvalue weighted by atomic mass is 10.0. The first-order valence-electron chi connectivity index (χ1n) is 10.1. The fraction of sp³-hybridized carbons (Fsp3) is 0.857. The molecule has 0 aromatic carbocycles. The molecule has 0 saturated heterocycles. The molecule has 0 heterocycles. The van der Waals surface area contributed by atoms with E-state index in [1.165, 1.54) is 109 Å². The van der Waals surface area contributed by atoms with E-state index in [-0.39, 0.29) is 5.97 Å². The topological polar surface area (TPSA) is 26.3 Å². The number of ether oxygens (including phenoxy) is 1. The first-order valence-corrected chi connectivity index (χ1v) is 10.1. The van der Waals surface area contributed by atoms with Crippen molar-refractivity contribution in [2.75, 3.05) is 0 Å². The molecular weight excluding hydrogens is 284 g/mol. The van der Waals surface area contributed by atoms with Crippen molar-refractivity contribution in [3.63, 3.8) is 0 Å². The molecule has 136 valence electrons. The highest BCUT2D eigenvalue weighted by atomic mass is 16.5. The van der Waals surface area contributed by atoms with Crippen LogP contribution in [0.4, 0.5) is 0 Å². The Bertz CT molecular complexity index is 271. The molecule has 0 rings (SSSR count). The van der Waals surface area contributed by atoms with Gasteiger partial charge in [-0.1, -0.05) is 96.8 Å². The largest absolute Gasteiger partial charge is 0.435 e. The smallest absolute Gasteiger partial charge is 0.307 e. The third-order valence-corrected chi connectivity index (χ3v) is 4.30. The summed E-state index contributed by atoms with van der Waals surface area (Å²) in [4.78, 5) is 10.5. The predicted molar refractivity (Wildman–Crippen MR) is 100 cm³/mol. The minimum Gasteiger partial charge on any atom is -0.435 e. The average molecular weight is 325 g/mol. The fourth-order valence-electron chi connectivity index (χ4n) is 2.85. The second-order valence-electron chi connectivity index (χ2n) is 6.72. The van der Waals surface area contributed by atoms with Crippen LogP contribution < -0.4 is 0 Å². The van der Waals surface area contributed by atoms with Crippen molar-refractivity contribution in [3.8, 4) is 0 Å². The molecule has 0 aliphatic carbocycles. The number of rotatable bonds is 17. The number of hydrogen-bond donors (Lipinski definition) is 0. The summed E-state index contributed by atoms with van der Waals surface area (Å²) >= 11 is 0. The SMILES string of the molecule is CCCCCCCCCCCCCCCCCC=COC(C)=O. The average Bonchev–Trinajstić information content (AvgIpc) is 2.53. The lowest BCUT2D eigenvalue weighted by Gasteiger charge is -2.03. The van der Waals surface area contributed by atoms with Gasteiger partial charge in [0, 0.05) is 6.92 Å². The van der Waals surface area contributed by atoms with Crippen LogP contribution in [0.25, 0.3) is 0 Å². The van der Waals surface area contributed by atoms with E-state index in [0.717, 1.165) is 6.42 Å². The minimum atomic E-state index is -0.238. The highest BCUT2D eigenvalue weighted by Crippen LogP contribution is 2.13. The monoisotopic (exact) mass is 324 g/mol. The molecule has 0 saturated carbocycles. The van der Waals surface area contributed by atoms with Crippen LogP contribution in [0.3, 0.4) is 0 Å². The molecule has 0 bridgehead atoms. The zero-order valence-electron chi connectivity index (χ0n) is 15.8. The number of unbranched alkanes of at least 4 members (excludes halogenated alkanes) is 15. The van der Waals surface area contributed by atoms with Crippen LogP contribution in [0.5, 0.6) is 0 Å². The second-order valence-corrected chi connectivity index (χ2v) is 6.72. The van der Waals surface area contributed by atoms with Crippen LogP contribution >= 0.6 is 0 Å². The maximum absolute atomic E-state index is 10.5. The van der Waals surface area contributed by atoms with Gasteiger partial charge in [0.1, 0.15) is 0 Å². The number of hydrogen-bond acceptors (Lipinski definition) is 2. The maximum Gasteiger partial charge on any atom is 0.307 e. The van der Waals surface area contributed by atoms with E-state index in [0.29, 0.717) is 0 Å². The van der Waals surface area contributed by atoms with Crippen molar-refractivity contribution in [2.45, 2.75) is 117 Å². The van der Waals surface area contributed by atoms with Gasteiger partial charge in [0.05, 0.1) is 6.26 Å². The number of carbonyl (C=O) groups excluding carboxylic acids is 1. The molecule has 0 N–H and O–H groups in total. The lowest BCUT2D eigenvalue weighted by Crippen LogP contribution is -1.89. The van der Waals surface area contributed by atoms with Gasteiger partial charge < -0.3 is 4.74 Å². The maximum atomic E-state index is 10.5. The normalized spacial score (nSPS) is 11.2. The summed E-state index contributed by atoms with van der Waals surface area (Å²) in [6, 6.07) is 0. The Kier molecular flexibility index (Phi) is 18.6.